The van der Waals surface area contributed by atoms with Crippen molar-refractivity contribution in [2.45, 2.75) is 0 Å². The summed E-state index contributed by atoms with van der Waals surface area (Å²) in [5.41, 5.74) is 1.50. The molecule has 3 aromatic rings. The standard InChI is InChI=1S/C24H20N2O3/c1-2-18-26(23(27)20-14-8-4-9-15-20)22(19-12-6-3-7-13-19)25-29-24(28)21-16-10-5-11-17-21/h2-17H,1,18H2/b25-22+. The van der Waals surface area contributed by atoms with E-state index < -0.39 is 5.97 Å². The SMILES string of the molecule is C=CCN(C(=O)c1ccccc1)/C(=N/OC(=O)c1ccccc1)c1ccccc1. The highest BCUT2D eigenvalue weighted by molar-refractivity contribution is 6.12. The molecule has 0 unspecified atom stereocenters. The molecule has 0 heterocycles. The van der Waals surface area contributed by atoms with Crippen LogP contribution in [0.4, 0.5) is 0 Å². The van der Waals surface area contributed by atoms with Crippen LogP contribution in [0.2, 0.25) is 0 Å². The molecule has 0 aliphatic heterocycles. The number of benzene rings is 3. The van der Waals surface area contributed by atoms with Crippen molar-refractivity contribution in [1.29, 1.82) is 0 Å². The number of nitrogens with zero attached hydrogens (tertiary/aromatic N) is 2. The number of amidine groups is 1. The second-order valence-electron chi connectivity index (χ2n) is 6.10. The van der Waals surface area contributed by atoms with Crippen molar-refractivity contribution in [3.8, 4) is 0 Å². The molecule has 0 spiro atoms. The van der Waals surface area contributed by atoms with Crippen LogP contribution < -0.4 is 0 Å². The third-order valence-electron chi connectivity index (χ3n) is 4.09. The fourth-order valence-corrected chi connectivity index (χ4v) is 2.69. The molecule has 3 rings (SSSR count). The average molecular weight is 384 g/mol. The maximum Gasteiger partial charge on any atom is 0.365 e. The molecule has 5 nitrogen and oxygen atoms in total. The number of carbonyl (C=O) groups excluding carboxylic acids is 2. The van der Waals surface area contributed by atoms with Crippen LogP contribution >= 0.6 is 0 Å². The number of hydrogen-bond donors (Lipinski definition) is 0. The summed E-state index contributed by atoms with van der Waals surface area (Å²) in [6.45, 7) is 3.94. The van der Waals surface area contributed by atoms with E-state index in [0.717, 1.165) is 0 Å². The minimum absolute atomic E-state index is 0.199. The molecule has 0 aliphatic carbocycles. The number of rotatable bonds is 6. The molecular formula is C24H20N2O3. The molecule has 5 heteroatoms. The van der Waals surface area contributed by atoms with E-state index in [4.69, 9.17) is 4.84 Å². The van der Waals surface area contributed by atoms with Crippen LogP contribution in [0.15, 0.2) is 109 Å². The van der Waals surface area contributed by atoms with Gasteiger partial charge in [-0.1, -0.05) is 78.0 Å². The van der Waals surface area contributed by atoms with Crippen LogP contribution in [-0.4, -0.2) is 29.2 Å². The lowest BCUT2D eigenvalue weighted by molar-refractivity contribution is 0.0506. The van der Waals surface area contributed by atoms with Gasteiger partial charge in [-0.15, -0.1) is 6.58 Å². The molecule has 0 saturated heterocycles. The maximum atomic E-state index is 13.1. The highest BCUT2D eigenvalue weighted by Gasteiger charge is 2.23. The number of oxime groups is 1. The molecule has 0 fully saturated rings. The lowest BCUT2D eigenvalue weighted by Crippen LogP contribution is -2.38. The van der Waals surface area contributed by atoms with E-state index in [-0.39, 0.29) is 18.3 Å². The van der Waals surface area contributed by atoms with Crippen molar-refractivity contribution < 1.29 is 14.4 Å². The van der Waals surface area contributed by atoms with Gasteiger partial charge in [-0.2, -0.15) is 0 Å². The van der Waals surface area contributed by atoms with E-state index in [9.17, 15) is 9.59 Å². The topological polar surface area (TPSA) is 59.0 Å². The first-order chi connectivity index (χ1) is 14.2. The smallest absolute Gasteiger partial charge is 0.311 e. The predicted octanol–water partition coefficient (Wildman–Crippen LogP) is 4.53. The molecule has 3 aromatic carbocycles. The fourth-order valence-electron chi connectivity index (χ4n) is 2.69. The Hall–Kier alpha value is -3.99. The highest BCUT2D eigenvalue weighted by Crippen LogP contribution is 2.13. The second-order valence-corrected chi connectivity index (χ2v) is 6.10. The van der Waals surface area contributed by atoms with E-state index >= 15 is 0 Å². The van der Waals surface area contributed by atoms with Gasteiger partial charge in [-0.3, -0.25) is 9.69 Å². The Balaban J connectivity index is 1.98. The zero-order valence-corrected chi connectivity index (χ0v) is 15.8. The van der Waals surface area contributed by atoms with Crippen LogP contribution in [0.5, 0.6) is 0 Å². The molecule has 0 aromatic heterocycles. The van der Waals surface area contributed by atoms with Gasteiger partial charge < -0.3 is 4.84 Å². The third-order valence-corrected chi connectivity index (χ3v) is 4.09. The van der Waals surface area contributed by atoms with E-state index in [0.29, 0.717) is 16.7 Å². The van der Waals surface area contributed by atoms with Crippen molar-refractivity contribution in [1.82, 2.24) is 4.90 Å². The van der Waals surface area contributed by atoms with Gasteiger partial charge in [-0.05, 0) is 24.3 Å². The molecule has 0 aliphatic rings. The Kier molecular flexibility index (Phi) is 6.68. The summed E-state index contributed by atoms with van der Waals surface area (Å²) in [7, 11) is 0. The number of hydrogen-bond acceptors (Lipinski definition) is 4. The average Bonchev–Trinajstić information content (AvgIpc) is 2.79. The van der Waals surface area contributed by atoms with Gasteiger partial charge in [0.1, 0.15) is 0 Å². The molecule has 29 heavy (non-hydrogen) atoms. The minimum Gasteiger partial charge on any atom is -0.311 e. The second kappa shape index (κ2) is 9.80. The van der Waals surface area contributed by atoms with Crippen molar-refractivity contribution in [2.24, 2.45) is 5.16 Å². The summed E-state index contributed by atoms with van der Waals surface area (Å²) in [6, 6.07) is 26.5. The number of carbonyl (C=O) groups is 2. The van der Waals surface area contributed by atoms with Crippen LogP contribution in [0.1, 0.15) is 26.3 Å². The molecule has 0 N–H and O–H groups in total. The molecule has 0 saturated carbocycles. The Morgan fingerprint density at radius 3 is 1.79 bits per heavy atom. The first kappa shape index (κ1) is 19.8. The first-order valence-electron chi connectivity index (χ1n) is 9.08. The molecule has 0 atom stereocenters. The summed E-state index contributed by atoms with van der Waals surface area (Å²) >= 11 is 0. The maximum absolute atomic E-state index is 13.1. The molecule has 1 amide bonds. The van der Waals surface area contributed by atoms with Gasteiger partial charge in [0.15, 0.2) is 5.84 Å². The van der Waals surface area contributed by atoms with Gasteiger partial charge >= 0.3 is 5.97 Å². The van der Waals surface area contributed by atoms with E-state index in [2.05, 4.69) is 11.7 Å². The van der Waals surface area contributed by atoms with Crippen LogP contribution in [0, 0.1) is 0 Å². The normalized spacial score (nSPS) is 10.8. The van der Waals surface area contributed by atoms with Gasteiger partial charge in [0.2, 0.25) is 0 Å². The van der Waals surface area contributed by atoms with Crippen molar-refractivity contribution in [3.63, 3.8) is 0 Å². The Morgan fingerprint density at radius 1 is 0.793 bits per heavy atom. The zero-order chi connectivity index (χ0) is 20.5. The lowest BCUT2D eigenvalue weighted by atomic mass is 10.1. The molecule has 144 valence electrons. The number of amides is 1. The third kappa shape index (κ3) is 5.05. The molecule has 0 bridgehead atoms. The van der Waals surface area contributed by atoms with Gasteiger partial charge in [0, 0.05) is 17.7 Å². The Labute approximate surface area is 169 Å². The summed E-state index contributed by atoms with van der Waals surface area (Å²) in [5, 5.41) is 4.06. The highest BCUT2D eigenvalue weighted by atomic mass is 16.7. The van der Waals surface area contributed by atoms with Crippen molar-refractivity contribution in [3.05, 3.63) is 120 Å². The van der Waals surface area contributed by atoms with Crippen LogP contribution in [0.3, 0.4) is 0 Å². The zero-order valence-electron chi connectivity index (χ0n) is 15.8. The van der Waals surface area contributed by atoms with E-state index in [1.807, 2.05) is 24.3 Å². The van der Waals surface area contributed by atoms with Gasteiger partial charge in [0.05, 0.1) is 5.56 Å². The van der Waals surface area contributed by atoms with Gasteiger partial charge in [-0.25, -0.2) is 4.79 Å². The van der Waals surface area contributed by atoms with Gasteiger partial charge in [0.25, 0.3) is 5.91 Å². The largest absolute Gasteiger partial charge is 0.365 e. The molecule has 0 radical (unpaired) electrons. The summed E-state index contributed by atoms with van der Waals surface area (Å²) in [5.74, 6) is -0.655. The fraction of sp³-hybridized carbons (Fsp3) is 0.0417. The molecular weight excluding hydrogens is 364 g/mol. The van der Waals surface area contributed by atoms with Crippen LogP contribution in [-0.2, 0) is 4.84 Å². The van der Waals surface area contributed by atoms with Crippen molar-refractivity contribution >= 4 is 17.7 Å². The van der Waals surface area contributed by atoms with E-state index in [1.165, 1.54) is 4.90 Å². The first-order valence-corrected chi connectivity index (χ1v) is 9.08. The van der Waals surface area contributed by atoms with E-state index in [1.54, 1.807) is 72.8 Å². The lowest BCUT2D eigenvalue weighted by Gasteiger charge is -2.22. The summed E-state index contributed by atoms with van der Waals surface area (Å²) < 4.78 is 0. The van der Waals surface area contributed by atoms with Crippen molar-refractivity contribution in [2.75, 3.05) is 6.54 Å². The predicted molar refractivity (Wildman–Crippen MR) is 113 cm³/mol. The summed E-state index contributed by atoms with van der Waals surface area (Å²) in [4.78, 5) is 32.1. The minimum atomic E-state index is -0.607. The Bertz CT molecular complexity index is 1000. The summed E-state index contributed by atoms with van der Waals surface area (Å²) in [6.07, 6.45) is 1.60. The Morgan fingerprint density at radius 2 is 1.28 bits per heavy atom. The monoisotopic (exact) mass is 384 g/mol. The van der Waals surface area contributed by atoms with Crippen LogP contribution in [0.25, 0.3) is 0 Å². The quantitative estimate of drug-likeness (QED) is 0.206.